The summed E-state index contributed by atoms with van der Waals surface area (Å²) in [4.78, 5) is 11.7. The normalized spacial score (nSPS) is 31.6. The van der Waals surface area contributed by atoms with Gasteiger partial charge in [0.2, 0.25) is 5.91 Å². The van der Waals surface area contributed by atoms with Gasteiger partial charge < -0.3 is 10.6 Å². The highest BCUT2D eigenvalue weighted by Gasteiger charge is 2.38. The predicted molar refractivity (Wildman–Crippen MR) is 70.1 cm³/mol. The maximum Gasteiger partial charge on any atom is 0.234 e. The van der Waals surface area contributed by atoms with Crippen LogP contribution in [0.15, 0.2) is 0 Å². The van der Waals surface area contributed by atoms with Crippen LogP contribution in [0.25, 0.3) is 0 Å². The van der Waals surface area contributed by atoms with E-state index in [2.05, 4.69) is 10.6 Å². The van der Waals surface area contributed by atoms with Crippen molar-refractivity contribution >= 4 is 15.7 Å². The molecule has 1 saturated carbocycles. The van der Waals surface area contributed by atoms with Crippen molar-refractivity contribution in [1.82, 2.24) is 10.6 Å². The predicted octanol–water partition coefficient (Wildman–Crippen LogP) is 0.212. The summed E-state index contributed by atoms with van der Waals surface area (Å²) in [6.07, 6.45) is 5.10. The first kappa shape index (κ1) is 13.8. The van der Waals surface area contributed by atoms with E-state index >= 15 is 0 Å². The molecule has 2 N–H and O–H groups in total. The van der Waals surface area contributed by atoms with Crippen molar-refractivity contribution in [2.75, 3.05) is 18.1 Å². The third-order valence-electron chi connectivity index (χ3n) is 3.90. The van der Waals surface area contributed by atoms with Gasteiger partial charge in [-0.1, -0.05) is 12.8 Å². The molecular weight excluding hydrogens is 252 g/mol. The van der Waals surface area contributed by atoms with Crippen molar-refractivity contribution in [1.29, 1.82) is 0 Å². The Bertz CT molecular complexity index is 415. The van der Waals surface area contributed by atoms with E-state index in [1.807, 2.05) is 6.92 Å². The number of carbonyl (C=O) groups is 1. The first-order valence-electron chi connectivity index (χ1n) is 6.63. The first-order valence-corrected chi connectivity index (χ1v) is 8.46. The van der Waals surface area contributed by atoms with Crippen molar-refractivity contribution in [3.05, 3.63) is 0 Å². The molecule has 0 radical (unpaired) electrons. The minimum atomic E-state index is -2.92. The average molecular weight is 274 g/mol. The summed E-state index contributed by atoms with van der Waals surface area (Å²) in [6.45, 7) is 2.09. The first-order chi connectivity index (χ1) is 8.39. The number of hydrogen-bond donors (Lipinski definition) is 2. The second kappa shape index (κ2) is 5.17. The average Bonchev–Trinajstić information content (AvgIpc) is 2.85. The fraction of sp³-hybridized carbons (Fsp3) is 0.917. The van der Waals surface area contributed by atoms with Gasteiger partial charge in [0.1, 0.15) is 0 Å². The van der Waals surface area contributed by atoms with Crippen LogP contribution in [0.4, 0.5) is 0 Å². The zero-order chi connectivity index (χ0) is 13.2. The smallest absolute Gasteiger partial charge is 0.234 e. The van der Waals surface area contributed by atoms with Crippen LogP contribution in [0.2, 0.25) is 0 Å². The number of rotatable bonds is 4. The molecule has 2 aliphatic rings. The lowest BCUT2D eigenvalue weighted by Crippen LogP contribution is -2.49. The number of sulfone groups is 1. The van der Waals surface area contributed by atoms with Crippen LogP contribution >= 0.6 is 0 Å². The van der Waals surface area contributed by atoms with Crippen molar-refractivity contribution in [3.63, 3.8) is 0 Å². The number of amides is 1. The van der Waals surface area contributed by atoms with Crippen molar-refractivity contribution < 1.29 is 13.2 Å². The minimum absolute atomic E-state index is 0.0209. The lowest BCUT2D eigenvalue weighted by atomic mass is 10.0. The summed E-state index contributed by atoms with van der Waals surface area (Å²) >= 11 is 0. The molecule has 0 aromatic carbocycles. The van der Waals surface area contributed by atoms with Crippen LogP contribution in [0.1, 0.15) is 39.0 Å². The third-order valence-corrected chi connectivity index (χ3v) is 5.80. The standard InChI is InChI=1S/C12H22N2O3S/c1-12(6-7-18(16,17)9-12)13-8-11(15)14-10-4-2-3-5-10/h10,13H,2-9H2,1H3,(H,14,15). The van der Waals surface area contributed by atoms with Gasteiger partial charge in [0.05, 0.1) is 18.1 Å². The molecule has 1 aliphatic heterocycles. The molecule has 0 spiro atoms. The molecule has 2 rings (SSSR count). The summed E-state index contributed by atoms with van der Waals surface area (Å²) in [6, 6.07) is 0.319. The van der Waals surface area contributed by atoms with Crippen LogP contribution in [0, 0.1) is 0 Å². The Morgan fingerprint density at radius 2 is 2.00 bits per heavy atom. The highest BCUT2D eigenvalue weighted by atomic mass is 32.2. The van der Waals surface area contributed by atoms with Gasteiger partial charge in [0, 0.05) is 11.6 Å². The fourth-order valence-electron chi connectivity index (χ4n) is 2.79. The molecule has 1 saturated heterocycles. The Hall–Kier alpha value is -0.620. The van der Waals surface area contributed by atoms with Gasteiger partial charge >= 0.3 is 0 Å². The van der Waals surface area contributed by atoms with Crippen molar-refractivity contribution in [2.45, 2.75) is 50.6 Å². The molecule has 1 amide bonds. The molecule has 5 nitrogen and oxygen atoms in total. The zero-order valence-corrected chi connectivity index (χ0v) is 11.7. The van der Waals surface area contributed by atoms with Crippen molar-refractivity contribution in [2.24, 2.45) is 0 Å². The molecule has 104 valence electrons. The summed E-state index contributed by atoms with van der Waals surface area (Å²) < 4.78 is 22.9. The highest BCUT2D eigenvalue weighted by Crippen LogP contribution is 2.22. The maximum absolute atomic E-state index is 11.7. The fourth-order valence-corrected chi connectivity index (χ4v) is 4.92. The van der Waals surface area contributed by atoms with E-state index in [0.29, 0.717) is 12.5 Å². The second-order valence-electron chi connectivity index (χ2n) is 5.81. The van der Waals surface area contributed by atoms with E-state index in [-0.39, 0.29) is 24.0 Å². The summed E-state index contributed by atoms with van der Waals surface area (Å²) in [7, 11) is -2.92. The third kappa shape index (κ3) is 3.68. The SMILES string of the molecule is CC1(NCC(=O)NC2CCCC2)CCS(=O)(=O)C1. The Balaban J connectivity index is 1.75. The number of nitrogens with one attached hydrogen (secondary N) is 2. The van der Waals surface area contributed by atoms with Crippen LogP contribution in [0.5, 0.6) is 0 Å². The van der Waals surface area contributed by atoms with Crippen molar-refractivity contribution in [3.8, 4) is 0 Å². The second-order valence-corrected chi connectivity index (χ2v) is 7.99. The molecule has 0 bridgehead atoms. The van der Waals surface area contributed by atoms with Crippen LogP contribution in [0.3, 0.4) is 0 Å². The molecule has 1 heterocycles. The largest absolute Gasteiger partial charge is 0.352 e. The zero-order valence-electron chi connectivity index (χ0n) is 10.9. The number of hydrogen-bond acceptors (Lipinski definition) is 4. The quantitative estimate of drug-likeness (QED) is 0.768. The van der Waals surface area contributed by atoms with E-state index in [1.165, 1.54) is 12.8 Å². The molecule has 1 unspecified atom stereocenters. The Kier molecular flexibility index (Phi) is 3.96. The van der Waals surface area contributed by atoms with Gasteiger partial charge in [-0.15, -0.1) is 0 Å². The van der Waals surface area contributed by atoms with E-state index in [0.717, 1.165) is 12.8 Å². The number of carbonyl (C=O) groups excluding carboxylic acids is 1. The molecular formula is C12H22N2O3S. The van der Waals surface area contributed by atoms with Gasteiger partial charge in [-0.2, -0.15) is 0 Å². The van der Waals surface area contributed by atoms with E-state index in [1.54, 1.807) is 0 Å². The Morgan fingerprint density at radius 3 is 2.56 bits per heavy atom. The molecule has 1 aliphatic carbocycles. The lowest BCUT2D eigenvalue weighted by Gasteiger charge is -2.24. The molecule has 18 heavy (non-hydrogen) atoms. The minimum Gasteiger partial charge on any atom is -0.352 e. The maximum atomic E-state index is 11.7. The van der Waals surface area contributed by atoms with Crippen LogP contribution < -0.4 is 10.6 Å². The lowest BCUT2D eigenvalue weighted by molar-refractivity contribution is -0.121. The molecule has 0 aromatic heterocycles. The van der Waals surface area contributed by atoms with Gasteiger partial charge in [-0.3, -0.25) is 4.79 Å². The van der Waals surface area contributed by atoms with E-state index < -0.39 is 15.4 Å². The summed E-state index contributed by atoms with van der Waals surface area (Å²) in [5.41, 5.74) is -0.439. The molecule has 0 aromatic rings. The van der Waals surface area contributed by atoms with E-state index in [4.69, 9.17) is 0 Å². The van der Waals surface area contributed by atoms with Gasteiger partial charge in [-0.05, 0) is 26.2 Å². The molecule has 1 atom stereocenters. The van der Waals surface area contributed by atoms with Gasteiger partial charge in [-0.25, -0.2) is 8.42 Å². The Labute approximate surface area is 109 Å². The highest BCUT2D eigenvalue weighted by molar-refractivity contribution is 7.91. The van der Waals surface area contributed by atoms with E-state index in [9.17, 15) is 13.2 Å². The topological polar surface area (TPSA) is 75.3 Å². The monoisotopic (exact) mass is 274 g/mol. The van der Waals surface area contributed by atoms with Crippen LogP contribution in [-0.4, -0.2) is 44.0 Å². The summed E-state index contributed by atoms with van der Waals surface area (Å²) in [5, 5.41) is 6.09. The van der Waals surface area contributed by atoms with Gasteiger partial charge in [0.15, 0.2) is 9.84 Å². The summed E-state index contributed by atoms with van der Waals surface area (Å²) in [5.74, 6) is 0.338. The van der Waals surface area contributed by atoms with Crippen LogP contribution in [-0.2, 0) is 14.6 Å². The molecule has 2 fully saturated rings. The Morgan fingerprint density at radius 1 is 1.33 bits per heavy atom. The molecule has 6 heteroatoms. The van der Waals surface area contributed by atoms with Gasteiger partial charge in [0.25, 0.3) is 0 Å².